The molecule has 5 nitrogen and oxygen atoms in total. The molecule has 1 N–H and O–H groups in total. The molecule has 0 unspecified atom stereocenters. The summed E-state index contributed by atoms with van der Waals surface area (Å²) >= 11 is 1.73. The molecule has 0 bridgehead atoms. The molecule has 1 aliphatic rings. The second-order valence-electron chi connectivity index (χ2n) is 6.00. The van der Waals surface area contributed by atoms with Crippen LogP contribution in [0, 0.1) is 5.92 Å². The number of hydrogen-bond donors (Lipinski definition) is 1. The van der Waals surface area contributed by atoms with E-state index >= 15 is 0 Å². The molecule has 2 amide bonds. The van der Waals surface area contributed by atoms with Crippen molar-refractivity contribution in [3.63, 3.8) is 0 Å². The van der Waals surface area contributed by atoms with Gasteiger partial charge in [-0.1, -0.05) is 18.2 Å². The molecular weight excluding hydrogens is 336 g/mol. The third kappa shape index (κ3) is 4.89. The van der Waals surface area contributed by atoms with Gasteiger partial charge in [-0.3, -0.25) is 9.59 Å². The normalized spacial score (nSPS) is 15.1. The lowest BCUT2D eigenvalue weighted by Crippen LogP contribution is -2.43. The SMILES string of the molecule is O=C(NCCSc1ccccc1)C1CCN(C(=O)c2ccco2)CC1. The molecule has 1 aromatic carbocycles. The average molecular weight is 358 g/mol. The first-order valence-electron chi connectivity index (χ1n) is 8.52. The van der Waals surface area contributed by atoms with E-state index in [-0.39, 0.29) is 17.7 Å². The lowest BCUT2D eigenvalue weighted by molar-refractivity contribution is -0.126. The quantitative estimate of drug-likeness (QED) is 0.637. The van der Waals surface area contributed by atoms with Crippen LogP contribution >= 0.6 is 11.8 Å². The van der Waals surface area contributed by atoms with E-state index in [1.54, 1.807) is 28.8 Å². The highest BCUT2D eigenvalue weighted by atomic mass is 32.2. The Balaban J connectivity index is 1.36. The van der Waals surface area contributed by atoms with Gasteiger partial charge in [0.1, 0.15) is 0 Å². The second-order valence-corrected chi connectivity index (χ2v) is 7.16. The fourth-order valence-corrected chi connectivity index (χ4v) is 3.69. The number of nitrogens with one attached hydrogen (secondary N) is 1. The minimum absolute atomic E-state index is 0.0117. The van der Waals surface area contributed by atoms with Crippen molar-refractivity contribution < 1.29 is 14.0 Å². The van der Waals surface area contributed by atoms with Gasteiger partial charge in [0.15, 0.2) is 5.76 Å². The molecule has 2 aromatic rings. The largest absolute Gasteiger partial charge is 0.459 e. The summed E-state index contributed by atoms with van der Waals surface area (Å²) in [5.74, 6) is 1.20. The molecule has 1 aromatic heterocycles. The first kappa shape index (κ1) is 17.6. The summed E-state index contributed by atoms with van der Waals surface area (Å²) in [7, 11) is 0. The van der Waals surface area contributed by atoms with Gasteiger partial charge in [0.25, 0.3) is 5.91 Å². The highest BCUT2D eigenvalue weighted by Gasteiger charge is 2.28. The molecule has 132 valence electrons. The van der Waals surface area contributed by atoms with Crippen molar-refractivity contribution in [1.82, 2.24) is 10.2 Å². The monoisotopic (exact) mass is 358 g/mol. The number of hydrogen-bond acceptors (Lipinski definition) is 4. The minimum atomic E-state index is -0.0943. The van der Waals surface area contributed by atoms with Gasteiger partial charge in [-0.25, -0.2) is 0 Å². The van der Waals surface area contributed by atoms with Crippen molar-refractivity contribution in [3.05, 3.63) is 54.5 Å². The summed E-state index contributed by atoms with van der Waals surface area (Å²) in [5, 5.41) is 3.01. The van der Waals surface area contributed by atoms with Crippen LogP contribution in [0.5, 0.6) is 0 Å². The average Bonchev–Trinajstić information content (AvgIpc) is 3.20. The topological polar surface area (TPSA) is 62.6 Å². The molecule has 0 aliphatic carbocycles. The molecule has 1 aliphatic heterocycles. The Hall–Kier alpha value is -2.21. The third-order valence-corrected chi connectivity index (χ3v) is 5.31. The number of carbonyl (C=O) groups is 2. The maximum Gasteiger partial charge on any atom is 0.289 e. The predicted octanol–water partition coefficient (Wildman–Crippen LogP) is 3.04. The van der Waals surface area contributed by atoms with E-state index < -0.39 is 0 Å². The first-order valence-corrected chi connectivity index (χ1v) is 9.51. The third-order valence-electron chi connectivity index (χ3n) is 4.30. The van der Waals surface area contributed by atoms with Crippen LogP contribution in [-0.4, -0.2) is 42.1 Å². The van der Waals surface area contributed by atoms with E-state index in [0.717, 1.165) is 5.75 Å². The molecular formula is C19H22N2O3S. The van der Waals surface area contributed by atoms with Crippen LogP contribution in [0.4, 0.5) is 0 Å². The number of carbonyl (C=O) groups excluding carboxylic acids is 2. The molecule has 25 heavy (non-hydrogen) atoms. The maximum absolute atomic E-state index is 12.3. The van der Waals surface area contributed by atoms with Gasteiger partial charge in [-0.05, 0) is 37.1 Å². The van der Waals surface area contributed by atoms with Gasteiger partial charge in [0.05, 0.1) is 6.26 Å². The van der Waals surface area contributed by atoms with Gasteiger partial charge in [0, 0.05) is 36.2 Å². The summed E-state index contributed by atoms with van der Waals surface area (Å²) in [6, 6.07) is 13.5. The maximum atomic E-state index is 12.3. The number of likely N-dealkylation sites (tertiary alicyclic amines) is 1. The van der Waals surface area contributed by atoms with Crippen molar-refractivity contribution >= 4 is 23.6 Å². The number of nitrogens with zero attached hydrogens (tertiary/aromatic N) is 1. The van der Waals surface area contributed by atoms with Crippen molar-refractivity contribution in [2.75, 3.05) is 25.4 Å². The minimum Gasteiger partial charge on any atom is -0.459 e. The zero-order valence-electron chi connectivity index (χ0n) is 14.0. The Bertz CT molecular complexity index is 680. The molecule has 0 spiro atoms. The predicted molar refractivity (Wildman–Crippen MR) is 97.5 cm³/mol. The number of benzene rings is 1. The summed E-state index contributed by atoms with van der Waals surface area (Å²) < 4.78 is 5.15. The van der Waals surface area contributed by atoms with E-state index in [1.165, 1.54) is 11.2 Å². The molecule has 0 atom stereocenters. The summed E-state index contributed by atoms with van der Waals surface area (Å²) in [6.07, 6.45) is 2.90. The van der Waals surface area contributed by atoms with E-state index in [0.29, 0.717) is 38.2 Å². The van der Waals surface area contributed by atoms with Crippen LogP contribution in [0.25, 0.3) is 0 Å². The van der Waals surface area contributed by atoms with Crippen LogP contribution in [-0.2, 0) is 4.79 Å². The van der Waals surface area contributed by atoms with Crippen LogP contribution in [0.3, 0.4) is 0 Å². The molecule has 3 rings (SSSR count). The molecule has 2 heterocycles. The summed E-state index contributed by atoms with van der Waals surface area (Å²) in [4.78, 5) is 27.5. The smallest absolute Gasteiger partial charge is 0.289 e. The number of thioether (sulfide) groups is 1. The molecule has 1 saturated heterocycles. The second kappa shape index (κ2) is 8.76. The van der Waals surface area contributed by atoms with Crippen molar-refractivity contribution in [2.24, 2.45) is 5.92 Å². The van der Waals surface area contributed by atoms with Gasteiger partial charge >= 0.3 is 0 Å². The standard InChI is InChI=1S/C19H22N2O3S/c22-18(20-10-14-25-16-5-2-1-3-6-16)15-8-11-21(12-9-15)19(23)17-7-4-13-24-17/h1-7,13,15H,8-12,14H2,(H,20,22). The summed E-state index contributed by atoms with van der Waals surface area (Å²) in [5.41, 5.74) is 0. The fraction of sp³-hybridized carbons (Fsp3) is 0.368. The fourth-order valence-electron chi connectivity index (χ4n) is 2.91. The molecule has 6 heteroatoms. The van der Waals surface area contributed by atoms with Gasteiger partial charge in [-0.2, -0.15) is 0 Å². The molecule has 0 radical (unpaired) electrons. The van der Waals surface area contributed by atoms with Crippen LogP contribution in [0.15, 0.2) is 58.0 Å². The van der Waals surface area contributed by atoms with Crippen molar-refractivity contribution in [2.45, 2.75) is 17.7 Å². The van der Waals surface area contributed by atoms with Gasteiger partial charge in [0.2, 0.25) is 5.91 Å². The zero-order valence-corrected chi connectivity index (χ0v) is 14.8. The number of rotatable bonds is 6. The number of furan rings is 1. The van der Waals surface area contributed by atoms with Crippen LogP contribution < -0.4 is 5.32 Å². The Morgan fingerprint density at radius 3 is 2.56 bits per heavy atom. The van der Waals surface area contributed by atoms with Crippen LogP contribution in [0.2, 0.25) is 0 Å². The van der Waals surface area contributed by atoms with E-state index in [1.807, 2.05) is 18.2 Å². The lowest BCUT2D eigenvalue weighted by atomic mass is 9.96. The zero-order chi connectivity index (χ0) is 17.5. The highest BCUT2D eigenvalue weighted by molar-refractivity contribution is 7.99. The Morgan fingerprint density at radius 1 is 1.12 bits per heavy atom. The van der Waals surface area contributed by atoms with E-state index in [9.17, 15) is 9.59 Å². The molecule has 1 fully saturated rings. The van der Waals surface area contributed by atoms with E-state index in [4.69, 9.17) is 4.42 Å². The molecule has 0 saturated carbocycles. The van der Waals surface area contributed by atoms with Crippen molar-refractivity contribution in [1.29, 1.82) is 0 Å². The Labute approximate surface area is 151 Å². The number of piperidine rings is 1. The number of amides is 2. The lowest BCUT2D eigenvalue weighted by Gasteiger charge is -2.30. The highest BCUT2D eigenvalue weighted by Crippen LogP contribution is 2.20. The first-order chi connectivity index (χ1) is 12.2. The van der Waals surface area contributed by atoms with Gasteiger partial charge < -0.3 is 14.6 Å². The Morgan fingerprint density at radius 2 is 1.88 bits per heavy atom. The Kier molecular flexibility index (Phi) is 6.17. The van der Waals surface area contributed by atoms with Crippen molar-refractivity contribution in [3.8, 4) is 0 Å². The summed E-state index contributed by atoms with van der Waals surface area (Å²) in [6.45, 7) is 1.84. The van der Waals surface area contributed by atoms with E-state index in [2.05, 4.69) is 17.4 Å². The van der Waals surface area contributed by atoms with Gasteiger partial charge in [-0.15, -0.1) is 11.8 Å². The van der Waals surface area contributed by atoms with Crippen LogP contribution in [0.1, 0.15) is 23.4 Å².